The van der Waals surface area contributed by atoms with Crippen molar-refractivity contribution in [1.82, 2.24) is 9.64 Å². The van der Waals surface area contributed by atoms with E-state index in [0.29, 0.717) is 11.5 Å². The highest BCUT2D eigenvalue weighted by molar-refractivity contribution is 7.97. The third-order valence-electron chi connectivity index (χ3n) is 1.54. The Labute approximate surface area is 85.6 Å². The molecule has 0 spiro atoms. The molecule has 0 radical (unpaired) electrons. The molecule has 0 saturated carbocycles. The maximum Gasteiger partial charge on any atom is 0.360 e. The van der Waals surface area contributed by atoms with Crippen molar-refractivity contribution in [2.24, 2.45) is 0 Å². The van der Waals surface area contributed by atoms with Crippen molar-refractivity contribution in [3.05, 3.63) is 22.2 Å². The summed E-state index contributed by atoms with van der Waals surface area (Å²) in [6.07, 6.45) is 1.89. The lowest BCUT2D eigenvalue weighted by Gasteiger charge is -2.07. The predicted molar refractivity (Wildman–Crippen MR) is 54.7 cm³/mol. The van der Waals surface area contributed by atoms with Crippen LogP contribution in [0.1, 0.15) is 5.76 Å². The summed E-state index contributed by atoms with van der Waals surface area (Å²) in [4.78, 5) is 23.9. The summed E-state index contributed by atoms with van der Waals surface area (Å²) in [5, 5.41) is 0. The number of nitrogens with zero attached hydrogens (tertiary/aromatic N) is 2. The van der Waals surface area contributed by atoms with Gasteiger partial charge in [-0.25, -0.2) is 4.79 Å². The van der Waals surface area contributed by atoms with Gasteiger partial charge in [-0.15, -0.1) is 0 Å². The van der Waals surface area contributed by atoms with E-state index < -0.39 is 11.6 Å². The summed E-state index contributed by atoms with van der Waals surface area (Å²) in [5.41, 5.74) is -0.423. The van der Waals surface area contributed by atoms with E-state index in [-0.39, 0.29) is 0 Å². The van der Waals surface area contributed by atoms with Gasteiger partial charge in [0, 0.05) is 20.2 Å². The van der Waals surface area contributed by atoms with Gasteiger partial charge in [-0.3, -0.25) is 4.79 Å². The number of carbonyl (C=O) groups is 1. The Kier molecular flexibility index (Phi) is 3.40. The molecule has 1 amide bonds. The highest BCUT2D eigenvalue weighted by atomic mass is 32.2. The molecule has 0 atom stereocenters. The fourth-order valence-corrected chi connectivity index (χ4v) is 1.33. The molecule has 0 fully saturated rings. The smallest absolute Gasteiger partial charge is 0.360 e. The van der Waals surface area contributed by atoms with Crippen molar-refractivity contribution < 1.29 is 9.32 Å². The molecule has 0 aliphatic carbocycles. The van der Waals surface area contributed by atoms with E-state index in [0.717, 1.165) is 4.74 Å². The molecule has 0 saturated heterocycles. The molecule has 1 aromatic rings. The molecule has 0 aliphatic rings. The zero-order valence-corrected chi connectivity index (χ0v) is 9.13. The van der Waals surface area contributed by atoms with Gasteiger partial charge in [-0.1, -0.05) is 4.74 Å². The summed E-state index contributed by atoms with van der Waals surface area (Å²) in [6, 6.07) is 0.861. The Balaban J connectivity index is 2.99. The first kappa shape index (κ1) is 10.9. The Morgan fingerprint density at radius 2 is 2.29 bits per heavy atom. The van der Waals surface area contributed by atoms with Gasteiger partial charge in [-0.05, 0) is 6.26 Å². The molecule has 78 valence electrons. The normalized spacial score (nSPS) is 10.2. The summed E-state index contributed by atoms with van der Waals surface area (Å²) in [6.45, 7) is 0. The molecule has 14 heavy (non-hydrogen) atoms. The molecule has 1 heterocycles. The molecule has 5 nitrogen and oxygen atoms in total. The fourth-order valence-electron chi connectivity index (χ4n) is 0.910. The van der Waals surface area contributed by atoms with Gasteiger partial charge in [0.05, 0.1) is 5.75 Å². The maximum absolute atomic E-state index is 11.4. The van der Waals surface area contributed by atoms with E-state index in [1.54, 1.807) is 14.1 Å². The Morgan fingerprint density at radius 1 is 1.64 bits per heavy atom. The van der Waals surface area contributed by atoms with Crippen LogP contribution in [0.3, 0.4) is 0 Å². The van der Waals surface area contributed by atoms with Crippen LogP contribution in [0, 0.1) is 0 Å². The van der Waals surface area contributed by atoms with Crippen LogP contribution in [0.25, 0.3) is 0 Å². The Hall–Kier alpha value is -1.17. The van der Waals surface area contributed by atoms with E-state index in [2.05, 4.69) is 0 Å². The first-order valence-electron chi connectivity index (χ1n) is 3.99. The molecule has 6 heteroatoms. The van der Waals surface area contributed by atoms with E-state index in [1.165, 1.54) is 22.7 Å². The van der Waals surface area contributed by atoms with Crippen LogP contribution < -0.4 is 5.56 Å². The summed E-state index contributed by atoms with van der Waals surface area (Å²) in [5.74, 6) is 1.10. The second kappa shape index (κ2) is 4.36. The van der Waals surface area contributed by atoms with Gasteiger partial charge >= 0.3 is 6.03 Å². The number of hydrogen-bond donors (Lipinski definition) is 0. The number of amides is 1. The monoisotopic (exact) mass is 216 g/mol. The molecule has 0 unspecified atom stereocenters. The lowest BCUT2D eigenvalue weighted by Crippen LogP contribution is -2.32. The van der Waals surface area contributed by atoms with Crippen molar-refractivity contribution in [3.63, 3.8) is 0 Å². The average Bonchev–Trinajstić information content (AvgIpc) is 2.46. The van der Waals surface area contributed by atoms with E-state index in [9.17, 15) is 9.59 Å². The molecule has 1 aromatic heterocycles. The minimum atomic E-state index is -0.470. The molecule has 0 aliphatic heterocycles. The van der Waals surface area contributed by atoms with Crippen molar-refractivity contribution in [1.29, 1.82) is 0 Å². The predicted octanol–water partition coefficient (Wildman–Crippen LogP) is 0.834. The van der Waals surface area contributed by atoms with Crippen LogP contribution in [-0.4, -0.2) is 36.0 Å². The number of rotatable bonds is 2. The van der Waals surface area contributed by atoms with Crippen LogP contribution in [0.2, 0.25) is 0 Å². The van der Waals surface area contributed by atoms with Gasteiger partial charge in [0.25, 0.3) is 5.56 Å². The van der Waals surface area contributed by atoms with Crippen LogP contribution in [0.5, 0.6) is 0 Å². The summed E-state index contributed by atoms with van der Waals surface area (Å²) >= 11 is 1.53. The SMILES string of the molecule is CSCc1cc(=O)n(C(=O)N(C)C)o1. The van der Waals surface area contributed by atoms with Gasteiger partial charge in [0.1, 0.15) is 5.76 Å². The fraction of sp³-hybridized carbons (Fsp3) is 0.500. The van der Waals surface area contributed by atoms with Crippen LogP contribution >= 0.6 is 11.8 Å². The minimum Gasteiger partial charge on any atom is -0.371 e. The maximum atomic E-state index is 11.4. The summed E-state index contributed by atoms with van der Waals surface area (Å²) < 4.78 is 5.83. The molecule has 0 N–H and O–H groups in total. The van der Waals surface area contributed by atoms with Gasteiger partial charge in [0.15, 0.2) is 0 Å². The quantitative estimate of drug-likeness (QED) is 0.735. The van der Waals surface area contributed by atoms with Crippen molar-refractivity contribution >= 4 is 17.8 Å². The standard InChI is InChI=1S/C8H12N2O3S/c1-9(2)8(12)10-7(11)4-6(13-10)5-14-3/h4H,5H2,1-3H3. The average molecular weight is 216 g/mol. The third-order valence-corrected chi connectivity index (χ3v) is 2.11. The Bertz CT molecular complexity index is 380. The number of thioether (sulfide) groups is 1. The van der Waals surface area contributed by atoms with E-state index >= 15 is 0 Å². The summed E-state index contributed by atoms with van der Waals surface area (Å²) in [7, 11) is 3.12. The van der Waals surface area contributed by atoms with Crippen molar-refractivity contribution in [2.45, 2.75) is 5.75 Å². The first-order chi connectivity index (χ1) is 6.56. The van der Waals surface area contributed by atoms with E-state index in [1.807, 2.05) is 6.26 Å². The lowest BCUT2D eigenvalue weighted by atomic mass is 10.5. The second-order valence-corrected chi connectivity index (χ2v) is 3.81. The van der Waals surface area contributed by atoms with Crippen LogP contribution in [0.15, 0.2) is 15.4 Å². The van der Waals surface area contributed by atoms with Crippen LogP contribution in [-0.2, 0) is 5.75 Å². The van der Waals surface area contributed by atoms with Crippen LogP contribution in [0.4, 0.5) is 4.79 Å². The zero-order chi connectivity index (χ0) is 10.7. The minimum absolute atomic E-state index is 0.423. The number of carbonyl (C=O) groups excluding carboxylic acids is 1. The largest absolute Gasteiger partial charge is 0.371 e. The number of aromatic nitrogens is 1. The lowest BCUT2D eigenvalue weighted by molar-refractivity contribution is 0.182. The molecule has 0 aromatic carbocycles. The zero-order valence-electron chi connectivity index (χ0n) is 8.31. The third kappa shape index (κ3) is 2.20. The molecular formula is C8H12N2O3S. The number of hydrogen-bond acceptors (Lipinski definition) is 4. The topological polar surface area (TPSA) is 55.5 Å². The van der Waals surface area contributed by atoms with Crippen molar-refractivity contribution in [3.8, 4) is 0 Å². The highest BCUT2D eigenvalue weighted by Gasteiger charge is 2.14. The van der Waals surface area contributed by atoms with Gasteiger partial charge in [0.2, 0.25) is 0 Å². The van der Waals surface area contributed by atoms with Crippen molar-refractivity contribution in [2.75, 3.05) is 20.4 Å². The van der Waals surface area contributed by atoms with Gasteiger partial charge < -0.3 is 9.42 Å². The molecule has 1 rings (SSSR count). The molecule has 0 bridgehead atoms. The highest BCUT2D eigenvalue weighted by Crippen LogP contribution is 2.06. The second-order valence-electron chi connectivity index (χ2n) is 2.94. The molecular weight excluding hydrogens is 204 g/mol. The van der Waals surface area contributed by atoms with Gasteiger partial charge in [-0.2, -0.15) is 11.8 Å². The Morgan fingerprint density at radius 3 is 2.79 bits per heavy atom. The first-order valence-corrected chi connectivity index (χ1v) is 5.38. The van der Waals surface area contributed by atoms with E-state index in [4.69, 9.17) is 4.52 Å².